The number of ether oxygens (including phenoxy) is 1. The maximum absolute atomic E-state index is 13.1. The fraction of sp³-hybridized carbons (Fsp3) is 0.652. The van der Waals surface area contributed by atoms with Crippen LogP contribution < -0.4 is 5.32 Å². The number of amides is 3. The molecule has 2 unspecified atom stereocenters. The van der Waals surface area contributed by atoms with Crippen molar-refractivity contribution in [1.82, 2.24) is 15.1 Å². The van der Waals surface area contributed by atoms with Gasteiger partial charge < -0.3 is 19.9 Å². The summed E-state index contributed by atoms with van der Waals surface area (Å²) in [6.45, 7) is 2.83. The minimum absolute atomic E-state index is 0.0184. The zero-order valence-corrected chi connectivity index (χ0v) is 18.1. The topological polar surface area (TPSA) is 61.9 Å². The molecule has 0 radical (unpaired) electrons. The largest absolute Gasteiger partial charge is 0.416 e. The molecule has 1 aliphatic carbocycles. The SMILES string of the molecule is O=C(NC1CC(c2ccc(C(F)(F)F)cc2)CN(C(=O)N2CCOCC2)C1)C1CCCC1. The first-order valence-electron chi connectivity index (χ1n) is 11.4. The molecule has 0 aromatic heterocycles. The van der Waals surface area contributed by atoms with Crippen molar-refractivity contribution in [3.05, 3.63) is 35.4 Å². The predicted molar refractivity (Wildman–Crippen MR) is 112 cm³/mol. The van der Waals surface area contributed by atoms with Gasteiger partial charge in [0.15, 0.2) is 0 Å². The van der Waals surface area contributed by atoms with E-state index in [-0.39, 0.29) is 29.8 Å². The third-order valence-corrected chi connectivity index (χ3v) is 6.78. The summed E-state index contributed by atoms with van der Waals surface area (Å²) in [4.78, 5) is 29.3. The first kappa shape index (κ1) is 22.9. The Morgan fingerprint density at radius 1 is 0.969 bits per heavy atom. The Hall–Kier alpha value is -2.29. The summed E-state index contributed by atoms with van der Waals surface area (Å²) in [5.74, 6) is -0.103. The highest BCUT2D eigenvalue weighted by molar-refractivity contribution is 5.79. The molecule has 1 aromatic rings. The van der Waals surface area contributed by atoms with Gasteiger partial charge in [0.25, 0.3) is 0 Å². The Morgan fingerprint density at radius 2 is 1.62 bits per heavy atom. The standard InChI is InChI=1S/C23H30F3N3O3/c24-23(25,26)19-7-5-16(6-8-19)18-13-20(27-21(30)17-3-1-2-4-17)15-29(14-18)22(31)28-9-11-32-12-10-28/h5-8,17-18,20H,1-4,9-15H2,(H,27,30). The number of nitrogens with zero attached hydrogens (tertiary/aromatic N) is 2. The van der Waals surface area contributed by atoms with Gasteiger partial charge in [0, 0.05) is 44.1 Å². The summed E-state index contributed by atoms with van der Waals surface area (Å²) >= 11 is 0. The van der Waals surface area contributed by atoms with E-state index in [0.29, 0.717) is 45.8 Å². The maximum Gasteiger partial charge on any atom is 0.416 e. The van der Waals surface area contributed by atoms with E-state index in [9.17, 15) is 22.8 Å². The van der Waals surface area contributed by atoms with Crippen molar-refractivity contribution in [3.63, 3.8) is 0 Å². The van der Waals surface area contributed by atoms with Gasteiger partial charge in [0.2, 0.25) is 5.91 Å². The highest BCUT2D eigenvalue weighted by Crippen LogP contribution is 2.33. The van der Waals surface area contributed by atoms with Crippen molar-refractivity contribution in [3.8, 4) is 0 Å². The number of hydrogen-bond donors (Lipinski definition) is 1. The molecule has 32 heavy (non-hydrogen) atoms. The van der Waals surface area contributed by atoms with Crippen molar-refractivity contribution < 1.29 is 27.5 Å². The lowest BCUT2D eigenvalue weighted by molar-refractivity contribution is -0.137. The van der Waals surface area contributed by atoms with Crippen molar-refractivity contribution >= 4 is 11.9 Å². The molecule has 1 aromatic carbocycles. The zero-order valence-electron chi connectivity index (χ0n) is 18.1. The molecule has 2 saturated heterocycles. The van der Waals surface area contributed by atoms with Crippen molar-refractivity contribution in [1.29, 1.82) is 0 Å². The molecule has 9 heteroatoms. The van der Waals surface area contributed by atoms with Crippen LogP contribution in [-0.2, 0) is 15.7 Å². The summed E-state index contributed by atoms with van der Waals surface area (Å²) in [5, 5.41) is 3.13. The van der Waals surface area contributed by atoms with Gasteiger partial charge in [-0.15, -0.1) is 0 Å². The van der Waals surface area contributed by atoms with E-state index in [1.165, 1.54) is 12.1 Å². The highest BCUT2D eigenvalue weighted by atomic mass is 19.4. The lowest BCUT2D eigenvalue weighted by Crippen LogP contribution is -2.57. The van der Waals surface area contributed by atoms with Crippen molar-refractivity contribution in [2.24, 2.45) is 5.92 Å². The number of piperidine rings is 1. The summed E-state index contributed by atoms with van der Waals surface area (Å²) in [6.07, 6.45) is 0.0870. The minimum Gasteiger partial charge on any atom is -0.378 e. The summed E-state index contributed by atoms with van der Waals surface area (Å²) in [6, 6.07) is 4.83. The second-order valence-electron chi connectivity index (χ2n) is 9.03. The van der Waals surface area contributed by atoms with E-state index in [2.05, 4.69) is 5.32 Å². The predicted octanol–water partition coefficient (Wildman–Crippen LogP) is 3.62. The quantitative estimate of drug-likeness (QED) is 0.761. The number of morpholine rings is 1. The van der Waals surface area contributed by atoms with Gasteiger partial charge in [0.05, 0.1) is 18.8 Å². The van der Waals surface area contributed by atoms with E-state index < -0.39 is 11.7 Å². The number of urea groups is 1. The normalized spacial score (nSPS) is 25.1. The van der Waals surface area contributed by atoms with Gasteiger partial charge in [-0.25, -0.2) is 4.79 Å². The summed E-state index contributed by atoms with van der Waals surface area (Å²) < 4.78 is 44.3. The van der Waals surface area contributed by atoms with Crippen LogP contribution >= 0.6 is 0 Å². The fourth-order valence-electron chi connectivity index (χ4n) is 5.01. The van der Waals surface area contributed by atoms with Crippen LogP contribution in [0.15, 0.2) is 24.3 Å². The van der Waals surface area contributed by atoms with Crippen LogP contribution in [0.3, 0.4) is 0 Å². The van der Waals surface area contributed by atoms with E-state index in [1.54, 1.807) is 9.80 Å². The molecule has 1 N–H and O–H groups in total. The summed E-state index contributed by atoms with van der Waals surface area (Å²) in [7, 11) is 0. The maximum atomic E-state index is 13.1. The van der Waals surface area contributed by atoms with E-state index in [0.717, 1.165) is 43.4 Å². The number of nitrogens with one attached hydrogen (secondary N) is 1. The smallest absolute Gasteiger partial charge is 0.378 e. The number of halogens is 3. The van der Waals surface area contributed by atoms with Gasteiger partial charge in [0.1, 0.15) is 0 Å². The fourth-order valence-corrected chi connectivity index (χ4v) is 5.01. The monoisotopic (exact) mass is 453 g/mol. The van der Waals surface area contributed by atoms with E-state index in [1.807, 2.05) is 0 Å². The molecule has 2 aliphatic heterocycles. The molecular weight excluding hydrogens is 423 g/mol. The van der Waals surface area contributed by atoms with E-state index in [4.69, 9.17) is 4.74 Å². The van der Waals surface area contributed by atoms with Crippen molar-refractivity contribution in [2.75, 3.05) is 39.4 Å². The van der Waals surface area contributed by atoms with E-state index >= 15 is 0 Å². The molecule has 3 aliphatic rings. The molecule has 6 nitrogen and oxygen atoms in total. The molecule has 3 fully saturated rings. The Labute approximate surface area is 186 Å². The molecule has 4 rings (SSSR count). The second kappa shape index (κ2) is 9.68. The molecule has 1 saturated carbocycles. The van der Waals surface area contributed by atoms with Gasteiger partial charge in [-0.3, -0.25) is 4.79 Å². The van der Waals surface area contributed by atoms with Gasteiger partial charge >= 0.3 is 12.2 Å². The number of rotatable bonds is 3. The molecule has 0 bridgehead atoms. The minimum atomic E-state index is -4.39. The number of carbonyl (C=O) groups excluding carboxylic acids is 2. The molecule has 2 atom stereocenters. The van der Waals surface area contributed by atoms with Crippen molar-refractivity contribution in [2.45, 2.75) is 50.2 Å². The molecule has 3 amide bonds. The third kappa shape index (κ3) is 5.36. The second-order valence-corrected chi connectivity index (χ2v) is 9.03. The average Bonchev–Trinajstić information content (AvgIpc) is 3.34. The molecule has 2 heterocycles. The molecule has 0 spiro atoms. The summed E-state index contributed by atoms with van der Waals surface area (Å²) in [5.41, 5.74) is 0.0574. The van der Waals surface area contributed by atoms with Crippen LogP contribution in [0.5, 0.6) is 0 Å². The number of likely N-dealkylation sites (tertiary alicyclic amines) is 1. The van der Waals surface area contributed by atoms with Crippen LogP contribution in [0.25, 0.3) is 0 Å². The lowest BCUT2D eigenvalue weighted by atomic mass is 9.87. The van der Waals surface area contributed by atoms with Crippen LogP contribution in [0.2, 0.25) is 0 Å². The van der Waals surface area contributed by atoms with Crippen LogP contribution in [0, 0.1) is 5.92 Å². The number of alkyl halides is 3. The van der Waals surface area contributed by atoms with Gasteiger partial charge in [-0.1, -0.05) is 25.0 Å². The first-order chi connectivity index (χ1) is 15.3. The van der Waals surface area contributed by atoms with Crippen LogP contribution in [0.1, 0.15) is 49.1 Å². The average molecular weight is 454 g/mol. The Bertz CT molecular complexity index is 803. The lowest BCUT2D eigenvalue weighted by Gasteiger charge is -2.41. The number of hydrogen-bond acceptors (Lipinski definition) is 3. The molecule has 176 valence electrons. The van der Waals surface area contributed by atoms with Gasteiger partial charge in [-0.2, -0.15) is 13.2 Å². The Kier molecular flexibility index (Phi) is 6.93. The number of benzene rings is 1. The molecular formula is C23H30F3N3O3. The first-order valence-corrected chi connectivity index (χ1v) is 11.4. The van der Waals surface area contributed by atoms with Crippen LogP contribution in [-0.4, -0.2) is 67.2 Å². The zero-order chi connectivity index (χ0) is 22.7. The Balaban J connectivity index is 1.50. The Morgan fingerprint density at radius 3 is 2.25 bits per heavy atom. The third-order valence-electron chi connectivity index (χ3n) is 6.78. The highest BCUT2D eigenvalue weighted by Gasteiger charge is 2.36. The van der Waals surface area contributed by atoms with Gasteiger partial charge in [-0.05, 0) is 37.0 Å². The van der Waals surface area contributed by atoms with Crippen LogP contribution in [0.4, 0.5) is 18.0 Å². The number of carbonyl (C=O) groups is 2.